The molecule has 0 aliphatic carbocycles. The van der Waals surface area contributed by atoms with Crippen molar-refractivity contribution < 1.29 is 28.0 Å². The zero-order chi connectivity index (χ0) is 14.6. The Labute approximate surface area is 104 Å². The average molecular weight is 279 g/mol. The summed E-state index contributed by atoms with van der Waals surface area (Å²) in [5, 5.41) is 21.5. The van der Waals surface area contributed by atoms with Crippen LogP contribution >= 0.6 is 0 Å². The van der Waals surface area contributed by atoms with Gasteiger partial charge < -0.3 is 15.7 Å². The fourth-order valence-corrected chi connectivity index (χ4v) is 1.14. The Hall–Kier alpha value is -2.52. The van der Waals surface area contributed by atoms with Crippen LogP contribution in [0.25, 0.3) is 0 Å². The van der Waals surface area contributed by atoms with Gasteiger partial charge in [-0.25, -0.2) is 0 Å². The summed E-state index contributed by atoms with van der Waals surface area (Å²) in [5.74, 6) is -0.793. The third kappa shape index (κ3) is 3.72. The lowest BCUT2D eigenvalue weighted by Gasteiger charge is -2.09. The normalized spacial score (nSPS) is 12.3. The highest BCUT2D eigenvalue weighted by molar-refractivity contribution is 5.81. The van der Waals surface area contributed by atoms with E-state index >= 15 is 0 Å². The molecule has 0 aromatic heterocycles. The van der Waals surface area contributed by atoms with Crippen LogP contribution in [0.1, 0.15) is 5.56 Å². The third-order valence-electron chi connectivity index (χ3n) is 1.99. The first-order valence-corrected chi connectivity index (χ1v) is 4.70. The van der Waals surface area contributed by atoms with Gasteiger partial charge >= 0.3 is 11.9 Å². The summed E-state index contributed by atoms with van der Waals surface area (Å²) in [4.78, 5) is 9.65. The Bertz CT molecular complexity index is 516. The lowest BCUT2D eigenvalue weighted by atomic mass is 10.2. The van der Waals surface area contributed by atoms with Gasteiger partial charge in [0, 0.05) is 6.07 Å². The maximum Gasteiger partial charge on any atom is 0.416 e. The number of oxime groups is 1. The molecule has 10 heteroatoms. The van der Waals surface area contributed by atoms with Crippen LogP contribution in [0.5, 0.6) is 5.75 Å². The van der Waals surface area contributed by atoms with Gasteiger partial charge in [0.1, 0.15) is 6.61 Å². The number of amidine groups is 1. The first-order chi connectivity index (χ1) is 8.75. The fourth-order valence-electron chi connectivity index (χ4n) is 1.14. The summed E-state index contributed by atoms with van der Waals surface area (Å²) in [6.07, 6.45) is -4.70. The van der Waals surface area contributed by atoms with Crippen molar-refractivity contribution in [2.45, 2.75) is 6.18 Å². The van der Waals surface area contributed by atoms with Crippen LogP contribution in [0.3, 0.4) is 0 Å². The lowest BCUT2D eigenvalue weighted by Crippen LogP contribution is -2.21. The Balaban J connectivity index is 3.09. The fraction of sp³-hybridized carbons (Fsp3) is 0.222. The maximum atomic E-state index is 12.4. The van der Waals surface area contributed by atoms with Gasteiger partial charge in [0.15, 0.2) is 11.6 Å². The number of nitrogens with two attached hydrogens (primary N) is 1. The average Bonchev–Trinajstić information content (AvgIpc) is 2.34. The predicted molar refractivity (Wildman–Crippen MR) is 57.0 cm³/mol. The van der Waals surface area contributed by atoms with E-state index in [1.807, 2.05) is 0 Å². The molecule has 0 radical (unpaired) electrons. The van der Waals surface area contributed by atoms with Crippen LogP contribution in [0, 0.1) is 10.1 Å². The Morgan fingerprint density at radius 2 is 2.16 bits per heavy atom. The van der Waals surface area contributed by atoms with E-state index < -0.39 is 34.7 Å². The molecule has 0 heterocycles. The van der Waals surface area contributed by atoms with Crippen LogP contribution in [-0.2, 0) is 6.18 Å². The van der Waals surface area contributed by atoms with Crippen LogP contribution in [0.2, 0.25) is 0 Å². The van der Waals surface area contributed by atoms with Gasteiger partial charge in [-0.05, 0) is 12.1 Å². The molecule has 1 aromatic rings. The van der Waals surface area contributed by atoms with Gasteiger partial charge in [-0.3, -0.25) is 10.1 Å². The zero-order valence-electron chi connectivity index (χ0n) is 9.22. The minimum Gasteiger partial charge on any atom is -0.479 e. The van der Waals surface area contributed by atoms with Gasteiger partial charge in [-0.2, -0.15) is 13.2 Å². The molecular formula is C9H8F3N3O4. The van der Waals surface area contributed by atoms with E-state index in [9.17, 15) is 23.3 Å². The molecule has 0 saturated carbocycles. The number of hydrogen-bond donors (Lipinski definition) is 2. The summed E-state index contributed by atoms with van der Waals surface area (Å²) in [6.45, 7) is -0.497. The second kappa shape index (κ2) is 5.42. The molecule has 0 bridgehead atoms. The first kappa shape index (κ1) is 14.5. The summed E-state index contributed by atoms with van der Waals surface area (Å²) >= 11 is 0. The molecule has 19 heavy (non-hydrogen) atoms. The number of halogens is 3. The number of nitro benzene ring substituents is 1. The highest BCUT2D eigenvalue weighted by Gasteiger charge is 2.33. The van der Waals surface area contributed by atoms with Crippen LogP contribution in [0.15, 0.2) is 23.4 Å². The van der Waals surface area contributed by atoms with Crippen molar-refractivity contribution in [1.29, 1.82) is 0 Å². The van der Waals surface area contributed by atoms with Crippen molar-refractivity contribution in [2.75, 3.05) is 6.61 Å². The molecule has 0 amide bonds. The van der Waals surface area contributed by atoms with Crippen LogP contribution in [-0.4, -0.2) is 22.6 Å². The van der Waals surface area contributed by atoms with Crippen molar-refractivity contribution in [2.24, 2.45) is 10.9 Å². The monoisotopic (exact) mass is 279 g/mol. The van der Waals surface area contributed by atoms with Gasteiger partial charge in [0.2, 0.25) is 0 Å². The molecule has 0 atom stereocenters. The summed E-state index contributed by atoms with van der Waals surface area (Å²) < 4.78 is 42.0. The van der Waals surface area contributed by atoms with Crippen LogP contribution in [0.4, 0.5) is 18.9 Å². The molecule has 7 nitrogen and oxygen atoms in total. The van der Waals surface area contributed by atoms with E-state index in [0.29, 0.717) is 12.1 Å². The number of benzene rings is 1. The largest absolute Gasteiger partial charge is 0.479 e. The van der Waals surface area contributed by atoms with Crippen molar-refractivity contribution >= 4 is 11.5 Å². The van der Waals surface area contributed by atoms with Gasteiger partial charge in [0.25, 0.3) is 0 Å². The molecule has 3 N–H and O–H groups in total. The lowest BCUT2D eigenvalue weighted by molar-refractivity contribution is -0.386. The second-order valence-corrected chi connectivity index (χ2v) is 3.32. The molecule has 0 saturated heterocycles. The van der Waals surface area contributed by atoms with E-state index in [-0.39, 0.29) is 5.84 Å². The SMILES string of the molecule is N/C(COc1ccc(C(F)(F)F)cc1[N+](=O)[O-])=N/O. The molecule has 0 unspecified atom stereocenters. The summed E-state index contributed by atoms with van der Waals surface area (Å²) in [5.41, 5.74) is 3.04. The topological polar surface area (TPSA) is 111 Å². The highest BCUT2D eigenvalue weighted by atomic mass is 19.4. The molecule has 0 aliphatic rings. The van der Waals surface area contributed by atoms with Gasteiger partial charge in [0.05, 0.1) is 10.5 Å². The standard InChI is InChI=1S/C9H8F3N3O4/c10-9(11,12)5-1-2-7(6(3-5)15(17)18)19-4-8(13)14-16/h1-3,16H,4H2,(H2,13,14). The minimum atomic E-state index is -4.70. The summed E-state index contributed by atoms with van der Waals surface area (Å²) in [7, 11) is 0. The molecule has 1 aromatic carbocycles. The third-order valence-corrected chi connectivity index (χ3v) is 1.99. The van der Waals surface area contributed by atoms with Crippen LogP contribution < -0.4 is 10.5 Å². The quantitative estimate of drug-likeness (QED) is 0.287. The Morgan fingerprint density at radius 3 is 2.63 bits per heavy atom. The second-order valence-electron chi connectivity index (χ2n) is 3.32. The van der Waals surface area contributed by atoms with Crippen molar-refractivity contribution in [3.63, 3.8) is 0 Å². The number of rotatable bonds is 4. The molecule has 1 rings (SSSR count). The van der Waals surface area contributed by atoms with Crippen molar-refractivity contribution in [1.82, 2.24) is 0 Å². The molecule has 0 aliphatic heterocycles. The number of ether oxygens (including phenoxy) is 1. The molecular weight excluding hydrogens is 271 g/mol. The number of nitro groups is 1. The number of hydrogen-bond acceptors (Lipinski definition) is 5. The Morgan fingerprint density at radius 1 is 1.53 bits per heavy atom. The molecule has 0 spiro atoms. The van der Waals surface area contributed by atoms with E-state index in [1.54, 1.807) is 0 Å². The number of nitrogens with zero attached hydrogens (tertiary/aromatic N) is 2. The number of alkyl halides is 3. The van der Waals surface area contributed by atoms with E-state index in [1.165, 1.54) is 0 Å². The highest BCUT2D eigenvalue weighted by Crippen LogP contribution is 2.35. The van der Waals surface area contributed by atoms with E-state index in [0.717, 1.165) is 6.07 Å². The van der Waals surface area contributed by atoms with Gasteiger partial charge in [-0.15, -0.1) is 0 Å². The zero-order valence-corrected chi connectivity index (χ0v) is 9.22. The van der Waals surface area contributed by atoms with E-state index in [2.05, 4.69) is 5.16 Å². The minimum absolute atomic E-state index is 0.349. The van der Waals surface area contributed by atoms with Gasteiger partial charge in [-0.1, -0.05) is 5.16 Å². The Kier molecular flexibility index (Phi) is 4.14. The first-order valence-electron chi connectivity index (χ1n) is 4.70. The van der Waals surface area contributed by atoms with Crippen molar-refractivity contribution in [3.8, 4) is 5.75 Å². The summed E-state index contributed by atoms with van der Waals surface area (Å²) in [6, 6.07) is 1.78. The van der Waals surface area contributed by atoms with Crippen molar-refractivity contribution in [3.05, 3.63) is 33.9 Å². The molecule has 0 fully saturated rings. The molecule has 104 valence electrons. The van der Waals surface area contributed by atoms with E-state index in [4.69, 9.17) is 15.7 Å². The predicted octanol–water partition coefficient (Wildman–Crippen LogP) is 1.74. The smallest absolute Gasteiger partial charge is 0.416 e. The maximum absolute atomic E-state index is 12.4.